The highest BCUT2D eigenvalue weighted by molar-refractivity contribution is 5.95. The van der Waals surface area contributed by atoms with Crippen molar-refractivity contribution in [2.75, 3.05) is 45.2 Å². The number of nitrogens with zero attached hydrogens (tertiary/aromatic N) is 2. The van der Waals surface area contributed by atoms with Crippen LogP contribution in [-0.2, 0) is 0 Å². The van der Waals surface area contributed by atoms with Crippen LogP contribution in [0.2, 0.25) is 0 Å². The average Bonchev–Trinajstić information content (AvgIpc) is 2.56. The minimum Gasteiger partial charge on any atom is -0.378 e. The summed E-state index contributed by atoms with van der Waals surface area (Å²) in [4.78, 5) is 16.8. The lowest BCUT2D eigenvalue weighted by Crippen LogP contribution is -2.47. The molecule has 2 aliphatic rings. The summed E-state index contributed by atoms with van der Waals surface area (Å²) in [7, 11) is 4.01. The molecule has 0 radical (unpaired) electrons. The zero-order chi connectivity index (χ0) is 15.6. The van der Waals surface area contributed by atoms with Crippen LogP contribution in [-0.4, -0.2) is 51.1 Å². The van der Waals surface area contributed by atoms with Crippen molar-refractivity contribution >= 4 is 11.6 Å². The Balaban J connectivity index is 1.65. The Morgan fingerprint density at radius 3 is 2.45 bits per heavy atom. The Morgan fingerprint density at radius 2 is 1.82 bits per heavy atom. The van der Waals surface area contributed by atoms with Crippen molar-refractivity contribution in [1.82, 2.24) is 10.2 Å². The third-order valence-corrected chi connectivity index (χ3v) is 5.39. The van der Waals surface area contributed by atoms with Crippen LogP contribution in [0.5, 0.6) is 0 Å². The molecule has 0 unspecified atom stereocenters. The highest BCUT2D eigenvalue weighted by Crippen LogP contribution is 2.39. The Morgan fingerprint density at radius 1 is 1.14 bits per heavy atom. The van der Waals surface area contributed by atoms with E-state index >= 15 is 0 Å². The van der Waals surface area contributed by atoms with Crippen LogP contribution >= 0.6 is 0 Å². The summed E-state index contributed by atoms with van der Waals surface area (Å²) in [6, 6.07) is 7.94. The summed E-state index contributed by atoms with van der Waals surface area (Å²) >= 11 is 0. The second kappa shape index (κ2) is 6.29. The number of carbonyl (C=O) groups is 1. The molecule has 4 nitrogen and oxygen atoms in total. The Labute approximate surface area is 133 Å². The van der Waals surface area contributed by atoms with E-state index < -0.39 is 0 Å². The molecular formula is C18H27N3O. The Hall–Kier alpha value is -1.55. The summed E-state index contributed by atoms with van der Waals surface area (Å²) < 4.78 is 0. The highest BCUT2D eigenvalue weighted by atomic mass is 16.2. The number of amides is 1. The second-order valence-corrected chi connectivity index (χ2v) is 6.99. The molecule has 2 saturated heterocycles. The Kier molecular flexibility index (Phi) is 4.39. The van der Waals surface area contributed by atoms with Crippen LogP contribution in [0.1, 0.15) is 36.0 Å². The predicted octanol–water partition coefficient (Wildman–Crippen LogP) is 2.36. The molecule has 22 heavy (non-hydrogen) atoms. The lowest BCUT2D eigenvalue weighted by Gasteiger charge is -2.44. The smallest absolute Gasteiger partial charge is 0.253 e. The van der Waals surface area contributed by atoms with Gasteiger partial charge in [0.05, 0.1) is 0 Å². The van der Waals surface area contributed by atoms with Gasteiger partial charge in [0.15, 0.2) is 0 Å². The van der Waals surface area contributed by atoms with Gasteiger partial charge < -0.3 is 15.1 Å². The summed E-state index contributed by atoms with van der Waals surface area (Å²) in [5, 5.41) is 3.45. The van der Waals surface area contributed by atoms with E-state index in [0.29, 0.717) is 5.41 Å². The first-order valence-corrected chi connectivity index (χ1v) is 8.37. The molecule has 0 saturated carbocycles. The third-order valence-electron chi connectivity index (χ3n) is 5.39. The molecule has 2 fully saturated rings. The zero-order valence-corrected chi connectivity index (χ0v) is 13.8. The fraction of sp³-hybridized carbons (Fsp3) is 0.611. The van der Waals surface area contributed by atoms with E-state index in [1.165, 1.54) is 12.8 Å². The SMILES string of the molecule is CN(C)c1cccc(C(=O)N2CCC3(CCNCC3)CC2)c1. The van der Waals surface area contributed by atoms with E-state index in [0.717, 1.165) is 50.3 Å². The molecule has 0 aliphatic carbocycles. The molecule has 1 aromatic carbocycles. The minimum atomic E-state index is 0.187. The standard InChI is InChI=1S/C18H27N3O/c1-20(2)16-5-3-4-15(14-16)17(22)21-12-8-18(9-13-21)6-10-19-11-7-18/h3-5,14,19H,6-13H2,1-2H3. The van der Waals surface area contributed by atoms with Crippen LogP contribution in [0.3, 0.4) is 0 Å². The van der Waals surface area contributed by atoms with Gasteiger partial charge in [-0.2, -0.15) is 0 Å². The number of rotatable bonds is 2. The van der Waals surface area contributed by atoms with E-state index in [2.05, 4.69) is 5.32 Å². The number of benzene rings is 1. The van der Waals surface area contributed by atoms with Gasteiger partial charge in [-0.1, -0.05) is 6.07 Å². The topological polar surface area (TPSA) is 35.6 Å². The highest BCUT2D eigenvalue weighted by Gasteiger charge is 2.36. The molecule has 120 valence electrons. The van der Waals surface area contributed by atoms with Gasteiger partial charge in [0.1, 0.15) is 0 Å². The maximum Gasteiger partial charge on any atom is 0.253 e. The molecule has 1 spiro atoms. The molecule has 1 amide bonds. The number of anilines is 1. The predicted molar refractivity (Wildman–Crippen MR) is 90.4 cm³/mol. The molecular weight excluding hydrogens is 274 g/mol. The van der Waals surface area contributed by atoms with Crippen molar-refractivity contribution < 1.29 is 4.79 Å². The number of piperidine rings is 2. The number of carbonyl (C=O) groups excluding carboxylic acids is 1. The monoisotopic (exact) mass is 301 g/mol. The minimum absolute atomic E-state index is 0.187. The van der Waals surface area contributed by atoms with Gasteiger partial charge >= 0.3 is 0 Å². The van der Waals surface area contributed by atoms with Gasteiger partial charge in [-0.3, -0.25) is 4.79 Å². The molecule has 1 aromatic rings. The van der Waals surface area contributed by atoms with E-state index in [9.17, 15) is 4.79 Å². The van der Waals surface area contributed by atoms with Crippen molar-refractivity contribution in [3.8, 4) is 0 Å². The van der Waals surface area contributed by atoms with E-state index in [4.69, 9.17) is 0 Å². The normalized spacial score (nSPS) is 20.9. The molecule has 1 N–H and O–H groups in total. The second-order valence-electron chi connectivity index (χ2n) is 6.99. The fourth-order valence-corrected chi connectivity index (χ4v) is 3.74. The number of hydrogen-bond acceptors (Lipinski definition) is 3. The maximum absolute atomic E-state index is 12.7. The number of hydrogen-bond donors (Lipinski definition) is 1. The summed E-state index contributed by atoms with van der Waals surface area (Å²) in [5.41, 5.74) is 2.39. The van der Waals surface area contributed by atoms with Gasteiger partial charge in [0.2, 0.25) is 0 Å². The quantitative estimate of drug-likeness (QED) is 0.911. The van der Waals surface area contributed by atoms with Crippen LogP contribution in [0.15, 0.2) is 24.3 Å². The molecule has 0 bridgehead atoms. The fourth-order valence-electron chi connectivity index (χ4n) is 3.74. The van der Waals surface area contributed by atoms with Crippen molar-refractivity contribution in [1.29, 1.82) is 0 Å². The van der Waals surface area contributed by atoms with Crippen molar-refractivity contribution in [3.05, 3.63) is 29.8 Å². The van der Waals surface area contributed by atoms with Gasteiger partial charge in [-0.15, -0.1) is 0 Å². The molecule has 2 aliphatic heterocycles. The van der Waals surface area contributed by atoms with E-state index in [1.807, 2.05) is 48.2 Å². The summed E-state index contributed by atoms with van der Waals surface area (Å²) in [6.45, 7) is 4.09. The van der Waals surface area contributed by atoms with Crippen LogP contribution in [0.25, 0.3) is 0 Å². The van der Waals surface area contributed by atoms with Gasteiger partial charge in [0.25, 0.3) is 5.91 Å². The van der Waals surface area contributed by atoms with Crippen molar-refractivity contribution in [3.63, 3.8) is 0 Å². The van der Waals surface area contributed by atoms with E-state index in [1.54, 1.807) is 0 Å². The van der Waals surface area contributed by atoms with Gasteiger partial charge in [0, 0.05) is 38.4 Å². The lowest BCUT2D eigenvalue weighted by atomic mass is 9.71. The molecule has 3 rings (SSSR count). The first kappa shape index (κ1) is 15.3. The third kappa shape index (κ3) is 3.12. The van der Waals surface area contributed by atoms with Gasteiger partial charge in [-0.25, -0.2) is 0 Å². The summed E-state index contributed by atoms with van der Waals surface area (Å²) in [5.74, 6) is 0.187. The average molecular weight is 301 g/mol. The molecule has 0 aromatic heterocycles. The lowest BCUT2D eigenvalue weighted by molar-refractivity contribution is 0.0496. The first-order valence-electron chi connectivity index (χ1n) is 8.37. The number of nitrogens with one attached hydrogen (secondary N) is 1. The van der Waals surface area contributed by atoms with Crippen molar-refractivity contribution in [2.45, 2.75) is 25.7 Å². The summed E-state index contributed by atoms with van der Waals surface area (Å²) in [6.07, 6.45) is 4.86. The maximum atomic E-state index is 12.7. The first-order chi connectivity index (χ1) is 10.6. The van der Waals surface area contributed by atoms with Crippen molar-refractivity contribution in [2.24, 2.45) is 5.41 Å². The molecule has 0 atom stereocenters. The Bertz CT molecular complexity index is 525. The van der Waals surface area contributed by atoms with E-state index in [-0.39, 0.29) is 5.91 Å². The zero-order valence-electron chi connectivity index (χ0n) is 13.8. The molecule has 2 heterocycles. The van der Waals surface area contributed by atoms with Crippen LogP contribution in [0, 0.1) is 5.41 Å². The molecule has 4 heteroatoms. The number of likely N-dealkylation sites (tertiary alicyclic amines) is 1. The van der Waals surface area contributed by atoms with Crippen LogP contribution in [0.4, 0.5) is 5.69 Å². The van der Waals surface area contributed by atoms with Crippen LogP contribution < -0.4 is 10.2 Å². The van der Waals surface area contributed by atoms with Gasteiger partial charge in [-0.05, 0) is 62.4 Å². The largest absolute Gasteiger partial charge is 0.378 e.